The molecule has 0 aromatic carbocycles. The van der Waals surface area contributed by atoms with Gasteiger partial charge in [0.15, 0.2) is 0 Å². The highest BCUT2D eigenvalue weighted by Crippen LogP contribution is 2.48. The maximum atomic E-state index is 12.2. The predicted molar refractivity (Wildman–Crippen MR) is 69.2 cm³/mol. The Morgan fingerprint density at radius 3 is 2.61 bits per heavy atom. The Morgan fingerprint density at radius 1 is 1.50 bits per heavy atom. The zero-order valence-corrected chi connectivity index (χ0v) is 11.7. The van der Waals surface area contributed by atoms with Crippen molar-refractivity contribution < 1.29 is 14.3 Å². The molecule has 2 aliphatic rings. The molecular weight excluding hydrogens is 230 g/mol. The largest absolute Gasteiger partial charge is 0.444 e. The number of amides is 1. The van der Waals surface area contributed by atoms with Crippen molar-refractivity contribution in [1.82, 2.24) is 4.90 Å². The van der Waals surface area contributed by atoms with Gasteiger partial charge in [-0.15, -0.1) is 0 Å². The van der Waals surface area contributed by atoms with E-state index in [9.17, 15) is 4.79 Å². The predicted octanol–water partition coefficient (Wildman–Crippen LogP) is 2.77. The van der Waals surface area contributed by atoms with E-state index < -0.39 is 5.60 Å². The van der Waals surface area contributed by atoms with Crippen LogP contribution in [0, 0.1) is 6.92 Å². The molecular formula is C14H24NO3. The zero-order chi connectivity index (χ0) is 13.4. The molecule has 1 unspecified atom stereocenters. The average molecular weight is 254 g/mol. The molecule has 4 heteroatoms. The van der Waals surface area contributed by atoms with Crippen LogP contribution in [0.1, 0.15) is 46.5 Å². The lowest BCUT2D eigenvalue weighted by molar-refractivity contribution is 0.0142. The Hall–Kier alpha value is -0.770. The highest BCUT2D eigenvalue weighted by molar-refractivity contribution is 5.68. The summed E-state index contributed by atoms with van der Waals surface area (Å²) >= 11 is 0. The smallest absolute Gasteiger partial charge is 0.410 e. The fourth-order valence-electron chi connectivity index (χ4n) is 2.42. The van der Waals surface area contributed by atoms with Crippen LogP contribution in [0.2, 0.25) is 0 Å². The summed E-state index contributed by atoms with van der Waals surface area (Å²) in [5, 5.41) is 0. The van der Waals surface area contributed by atoms with E-state index in [1.165, 1.54) is 0 Å². The van der Waals surface area contributed by atoms with Gasteiger partial charge >= 0.3 is 6.09 Å². The molecule has 4 nitrogen and oxygen atoms in total. The van der Waals surface area contributed by atoms with Gasteiger partial charge in [0.2, 0.25) is 0 Å². The number of nitrogens with zero attached hydrogens (tertiary/aromatic N) is 1. The normalized spacial score (nSPS) is 25.2. The van der Waals surface area contributed by atoms with E-state index in [0.29, 0.717) is 19.6 Å². The molecule has 18 heavy (non-hydrogen) atoms. The fraction of sp³-hybridized carbons (Fsp3) is 0.857. The van der Waals surface area contributed by atoms with Crippen molar-refractivity contribution >= 4 is 6.09 Å². The van der Waals surface area contributed by atoms with E-state index in [0.717, 1.165) is 19.3 Å². The van der Waals surface area contributed by atoms with Crippen molar-refractivity contribution in [2.24, 2.45) is 0 Å². The summed E-state index contributed by atoms with van der Waals surface area (Å²) in [5.41, 5.74) is -0.362. The second kappa shape index (κ2) is 4.72. The van der Waals surface area contributed by atoms with Crippen LogP contribution in [0.25, 0.3) is 0 Å². The Morgan fingerprint density at radius 2 is 2.17 bits per heavy atom. The minimum absolute atomic E-state index is 0.0894. The van der Waals surface area contributed by atoms with Crippen molar-refractivity contribution in [3.8, 4) is 0 Å². The molecule has 0 aromatic heterocycles. The van der Waals surface area contributed by atoms with Gasteiger partial charge < -0.3 is 14.4 Å². The third-order valence-electron chi connectivity index (χ3n) is 3.47. The van der Waals surface area contributed by atoms with Crippen LogP contribution in [-0.4, -0.2) is 41.4 Å². The van der Waals surface area contributed by atoms with Crippen molar-refractivity contribution in [3.05, 3.63) is 6.92 Å². The molecule has 1 saturated heterocycles. The van der Waals surface area contributed by atoms with Gasteiger partial charge in [0, 0.05) is 6.54 Å². The van der Waals surface area contributed by atoms with E-state index in [1.54, 1.807) is 4.90 Å². The van der Waals surface area contributed by atoms with E-state index >= 15 is 0 Å². The standard InChI is InChI=1S/C14H24NO3/c1-5-8-15(12(16)18-13(2,3)4)11-9-14(6-7-14)17-10-11/h11H,1,5-10H2,2-4H3. The lowest BCUT2D eigenvalue weighted by atomic mass is 10.1. The first-order chi connectivity index (χ1) is 8.35. The van der Waals surface area contributed by atoms with Crippen LogP contribution >= 0.6 is 0 Å². The van der Waals surface area contributed by atoms with Crippen LogP contribution in [0.5, 0.6) is 0 Å². The molecule has 1 spiro atoms. The molecule has 1 radical (unpaired) electrons. The van der Waals surface area contributed by atoms with Crippen LogP contribution in [0.4, 0.5) is 4.79 Å². The molecule has 2 fully saturated rings. The number of hydrogen-bond donors (Lipinski definition) is 0. The van der Waals surface area contributed by atoms with Crippen LogP contribution in [0.15, 0.2) is 0 Å². The van der Waals surface area contributed by atoms with Gasteiger partial charge in [0.1, 0.15) is 5.60 Å². The highest BCUT2D eigenvalue weighted by atomic mass is 16.6. The molecule has 1 aliphatic carbocycles. The molecule has 0 aromatic rings. The monoisotopic (exact) mass is 254 g/mol. The van der Waals surface area contributed by atoms with Gasteiger partial charge in [0.25, 0.3) is 0 Å². The van der Waals surface area contributed by atoms with Gasteiger partial charge in [0.05, 0.1) is 18.2 Å². The van der Waals surface area contributed by atoms with Gasteiger partial charge in [-0.3, -0.25) is 0 Å². The first-order valence-corrected chi connectivity index (χ1v) is 6.78. The van der Waals surface area contributed by atoms with Crippen molar-refractivity contribution in [2.45, 2.75) is 63.7 Å². The minimum atomic E-state index is -0.451. The average Bonchev–Trinajstić information content (AvgIpc) is 2.84. The first kappa shape index (κ1) is 13.7. The lowest BCUT2D eigenvalue weighted by Gasteiger charge is -2.30. The second-order valence-corrected chi connectivity index (χ2v) is 6.38. The Labute approximate surface area is 110 Å². The minimum Gasteiger partial charge on any atom is -0.444 e. The summed E-state index contributed by atoms with van der Waals surface area (Å²) in [4.78, 5) is 14.0. The molecule has 103 valence electrons. The van der Waals surface area contributed by atoms with Gasteiger partial charge in [-0.05, 0) is 46.5 Å². The SMILES string of the molecule is [CH2]CCN(C(=O)OC(C)(C)C)C1COC2(CC2)C1. The van der Waals surface area contributed by atoms with Crippen LogP contribution in [0.3, 0.4) is 0 Å². The van der Waals surface area contributed by atoms with Crippen LogP contribution < -0.4 is 0 Å². The van der Waals surface area contributed by atoms with Crippen LogP contribution in [-0.2, 0) is 9.47 Å². The Bertz CT molecular complexity index is 317. The highest BCUT2D eigenvalue weighted by Gasteiger charge is 2.52. The van der Waals surface area contributed by atoms with Gasteiger partial charge in [-0.2, -0.15) is 0 Å². The van der Waals surface area contributed by atoms with Gasteiger partial charge in [-0.25, -0.2) is 4.79 Å². The topological polar surface area (TPSA) is 38.8 Å². The Balaban J connectivity index is 1.97. The number of hydrogen-bond acceptors (Lipinski definition) is 3. The van der Waals surface area contributed by atoms with E-state index in [2.05, 4.69) is 6.92 Å². The molecule has 1 atom stereocenters. The summed E-state index contributed by atoms with van der Waals surface area (Å²) < 4.78 is 11.3. The molecule has 1 saturated carbocycles. The summed E-state index contributed by atoms with van der Waals surface area (Å²) in [7, 11) is 0. The van der Waals surface area contributed by atoms with E-state index in [1.807, 2.05) is 20.8 Å². The Kier molecular flexibility index (Phi) is 3.58. The summed E-state index contributed by atoms with van der Waals surface area (Å²) in [6.07, 6.45) is 3.68. The van der Waals surface area contributed by atoms with Crippen molar-refractivity contribution in [2.75, 3.05) is 13.2 Å². The molecule has 1 aliphatic heterocycles. The third kappa shape index (κ3) is 3.16. The maximum absolute atomic E-state index is 12.2. The lowest BCUT2D eigenvalue weighted by Crippen LogP contribution is -2.44. The summed E-state index contributed by atoms with van der Waals surface area (Å²) in [6.45, 7) is 10.8. The molecule has 1 amide bonds. The van der Waals surface area contributed by atoms with E-state index in [4.69, 9.17) is 9.47 Å². The molecule has 0 bridgehead atoms. The third-order valence-corrected chi connectivity index (χ3v) is 3.47. The zero-order valence-electron chi connectivity index (χ0n) is 11.7. The maximum Gasteiger partial charge on any atom is 0.410 e. The fourth-order valence-corrected chi connectivity index (χ4v) is 2.42. The molecule has 2 rings (SSSR count). The number of ether oxygens (including phenoxy) is 2. The van der Waals surface area contributed by atoms with Gasteiger partial charge in [-0.1, -0.05) is 6.92 Å². The van der Waals surface area contributed by atoms with E-state index in [-0.39, 0.29) is 17.7 Å². The van der Waals surface area contributed by atoms with Crippen molar-refractivity contribution in [3.63, 3.8) is 0 Å². The molecule has 1 heterocycles. The quantitative estimate of drug-likeness (QED) is 0.777. The number of carbonyl (C=O) groups is 1. The second-order valence-electron chi connectivity index (χ2n) is 6.38. The number of rotatable bonds is 3. The van der Waals surface area contributed by atoms with Crippen molar-refractivity contribution in [1.29, 1.82) is 0 Å². The summed E-state index contributed by atoms with van der Waals surface area (Å²) in [6, 6.07) is 0.157. The number of carbonyl (C=O) groups excluding carboxylic acids is 1. The summed E-state index contributed by atoms with van der Waals surface area (Å²) in [5.74, 6) is 0. The first-order valence-electron chi connectivity index (χ1n) is 6.78. The molecule has 0 N–H and O–H groups in total.